The van der Waals surface area contributed by atoms with Gasteiger partial charge in [-0.05, 0) is 36.2 Å². The molecule has 3 heteroatoms. The number of anilines is 1. The minimum Gasteiger partial charge on any atom is -0.495 e. The van der Waals surface area contributed by atoms with Gasteiger partial charge < -0.3 is 10.1 Å². The van der Waals surface area contributed by atoms with Crippen LogP contribution >= 0.6 is 0 Å². The van der Waals surface area contributed by atoms with Gasteiger partial charge >= 0.3 is 0 Å². The number of benzene rings is 2. The van der Waals surface area contributed by atoms with E-state index in [4.69, 9.17) is 4.74 Å². The minimum atomic E-state index is -0.127. The fraction of sp³-hybridized carbons (Fsp3) is 0.235. The van der Waals surface area contributed by atoms with Crippen LogP contribution in [0.2, 0.25) is 0 Å². The lowest BCUT2D eigenvalue weighted by atomic mass is 10.1. The van der Waals surface area contributed by atoms with Crippen molar-refractivity contribution in [1.82, 2.24) is 0 Å². The highest BCUT2D eigenvalue weighted by atomic mass is 16.5. The Hall–Kier alpha value is -2.29. The molecule has 0 aliphatic carbocycles. The van der Waals surface area contributed by atoms with Crippen molar-refractivity contribution in [2.45, 2.75) is 19.8 Å². The van der Waals surface area contributed by atoms with Gasteiger partial charge in [0.15, 0.2) is 0 Å². The summed E-state index contributed by atoms with van der Waals surface area (Å²) in [5.41, 5.74) is 2.58. The summed E-state index contributed by atoms with van der Waals surface area (Å²) < 4.78 is 5.22. The van der Waals surface area contributed by atoms with Crippen molar-refractivity contribution in [3.8, 4) is 5.75 Å². The van der Waals surface area contributed by atoms with Crippen molar-refractivity contribution in [3.63, 3.8) is 0 Å². The summed E-state index contributed by atoms with van der Waals surface area (Å²) in [6, 6.07) is 15.1. The van der Waals surface area contributed by atoms with Crippen LogP contribution in [0.25, 0.3) is 0 Å². The first-order valence-electron chi connectivity index (χ1n) is 6.78. The summed E-state index contributed by atoms with van der Waals surface area (Å²) in [6.07, 6.45) is 2.14. The molecule has 0 heterocycles. The molecule has 0 unspecified atom stereocenters. The van der Waals surface area contributed by atoms with Crippen LogP contribution in [-0.2, 0) is 6.42 Å². The Kier molecular flexibility index (Phi) is 4.77. The van der Waals surface area contributed by atoms with E-state index in [1.54, 1.807) is 7.11 Å². The minimum absolute atomic E-state index is 0.127. The summed E-state index contributed by atoms with van der Waals surface area (Å²) in [5, 5.41) is 2.87. The molecular weight excluding hydrogens is 250 g/mol. The highest BCUT2D eigenvalue weighted by Gasteiger charge is 2.08. The van der Waals surface area contributed by atoms with Gasteiger partial charge in [0.05, 0.1) is 12.8 Å². The van der Waals surface area contributed by atoms with Crippen LogP contribution in [0.15, 0.2) is 48.5 Å². The predicted molar refractivity (Wildman–Crippen MR) is 81.4 cm³/mol. The first-order valence-corrected chi connectivity index (χ1v) is 6.78. The normalized spacial score (nSPS) is 10.1. The molecule has 0 bridgehead atoms. The van der Waals surface area contributed by atoms with Gasteiger partial charge in [-0.15, -0.1) is 0 Å². The first kappa shape index (κ1) is 14.1. The molecule has 3 nitrogen and oxygen atoms in total. The highest BCUT2D eigenvalue weighted by molar-refractivity contribution is 6.05. The lowest BCUT2D eigenvalue weighted by Crippen LogP contribution is -2.12. The Labute approximate surface area is 119 Å². The number of rotatable bonds is 5. The zero-order valence-corrected chi connectivity index (χ0v) is 11.8. The van der Waals surface area contributed by atoms with Crippen LogP contribution in [0.5, 0.6) is 5.75 Å². The number of methoxy groups -OCH3 is 1. The van der Waals surface area contributed by atoms with E-state index in [1.807, 2.05) is 48.5 Å². The number of ether oxygens (including phenoxy) is 1. The van der Waals surface area contributed by atoms with Crippen molar-refractivity contribution >= 4 is 11.6 Å². The molecule has 2 aromatic rings. The summed E-state index contributed by atoms with van der Waals surface area (Å²) in [4.78, 5) is 12.2. The fourth-order valence-electron chi connectivity index (χ4n) is 2.05. The maximum atomic E-state index is 12.2. The Morgan fingerprint density at radius 1 is 1.10 bits per heavy atom. The van der Waals surface area contributed by atoms with Crippen LogP contribution in [0.1, 0.15) is 29.3 Å². The van der Waals surface area contributed by atoms with E-state index >= 15 is 0 Å². The van der Waals surface area contributed by atoms with Crippen molar-refractivity contribution in [2.75, 3.05) is 12.4 Å². The summed E-state index contributed by atoms with van der Waals surface area (Å²) in [6.45, 7) is 2.14. The standard InChI is InChI=1S/C17H19NO2/c1-3-6-13-9-11-14(12-10-13)17(19)18-15-7-4-5-8-16(15)20-2/h4-5,7-12H,3,6H2,1-2H3,(H,18,19). The molecule has 0 aromatic heterocycles. The largest absolute Gasteiger partial charge is 0.495 e. The zero-order chi connectivity index (χ0) is 14.4. The van der Waals surface area contributed by atoms with E-state index < -0.39 is 0 Å². The number of para-hydroxylation sites is 2. The van der Waals surface area contributed by atoms with Gasteiger partial charge in [0.25, 0.3) is 5.91 Å². The molecule has 0 radical (unpaired) electrons. The second-order valence-electron chi connectivity index (χ2n) is 4.60. The van der Waals surface area contributed by atoms with Gasteiger partial charge in [-0.3, -0.25) is 4.79 Å². The molecular formula is C17H19NO2. The maximum absolute atomic E-state index is 12.2. The molecule has 0 aliphatic heterocycles. The maximum Gasteiger partial charge on any atom is 0.255 e. The molecule has 0 saturated carbocycles. The van der Waals surface area contributed by atoms with Gasteiger partial charge in [-0.25, -0.2) is 0 Å². The number of hydrogen-bond donors (Lipinski definition) is 1. The van der Waals surface area contributed by atoms with E-state index in [1.165, 1.54) is 5.56 Å². The molecule has 104 valence electrons. The Bertz CT molecular complexity index is 576. The third kappa shape index (κ3) is 3.38. The van der Waals surface area contributed by atoms with E-state index in [0.29, 0.717) is 17.0 Å². The molecule has 20 heavy (non-hydrogen) atoms. The first-order chi connectivity index (χ1) is 9.74. The second kappa shape index (κ2) is 6.75. The van der Waals surface area contributed by atoms with Gasteiger partial charge in [-0.1, -0.05) is 37.6 Å². The Morgan fingerprint density at radius 2 is 1.80 bits per heavy atom. The van der Waals surface area contributed by atoms with Crippen molar-refractivity contribution in [3.05, 3.63) is 59.7 Å². The van der Waals surface area contributed by atoms with Crippen LogP contribution in [0, 0.1) is 0 Å². The quantitative estimate of drug-likeness (QED) is 0.894. The summed E-state index contributed by atoms with van der Waals surface area (Å²) in [5.74, 6) is 0.529. The van der Waals surface area contributed by atoms with Crippen LogP contribution < -0.4 is 10.1 Å². The third-order valence-corrected chi connectivity index (χ3v) is 3.11. The number of carbonyl (C=O) groups excluding carboxylic acids is 1. The average molecular weight is 269 g/mol. The number of hydrogen-bond acceptors (Lipinski definition) is 2. The summed E-state index contributed by atoms with van der Waals surface area (Å²) >= 11 is 0. The molecule has 0 fully saturated rings. The smallest absolute Gasteiger partial charge is 0.255 e. The number of amides is 1. The SMILES string of the molecule is CCCc1ccc(C(=O)Nc2ccccc2OC)cc1. The lowest BCUT2D eigenvalue weighted by Gasteiger charge is -2.10. The van der Waals surface area contributed by atoms with Crippen molar-refractivity contribution in [1.29, 1.82) is 0 Å². The predicted octanol–water partition coefficient (Wildman–Crippen LogP) is 3.90. The van der Waals surface area contributed by atoms with E-state index in [2.05, 4.69) is 12.2 Å². The highest BCUT2D eigenvalue weighted by Crippen LogP contribution is 2.23. The number of carbonyl (C=O) groups is 1. The molecule has 0 aliphatic rings. The van der Waals surface area contributed by atoms with Gasteiger partial charge in [0.2, 0.25) is 0 Å². The molecule has 0 atom stereocenters. The molecule has 0 saturated heterocycles. The molecule has 1 N–H and O–H groups in total. The summed E-state index contributed by atoms with van der Waals surface area (Å²) in [7, 11) is 1.59. The Morgan fingerprint density at radius 3 is 2.45 bits per heavy atom. The van der Waals surface area contributed by atoms with E-state index in [9.17, 15) is 4.79 Å². The molecule has 2 rings (SSSR count). The van der Waals surface area contributed by atoms with Crippen LogP contribution in [0.4, 0.5) is 5.69 Å². The van der Waals surface area contributed by atoms with Gasteiger partial charge in [0.1, 0.15) is 5.75 Å². The average Bonchev–Trinajstić information content (AvgIpc) is 2.49. The molecule has 1 amide bonds. The van der Waals surface area contributed by atoms with E-state index in [-0.39, 0.29) is 5.91 Å². The second-order valence-corrected chi connectivity index (χ2v) is 4.60. The van der Waals surface area contributed by atoms with Crippen LogP contribution in [-0.4, -0.2) is 13.0 Å². The lowest BCUT2D eigenvalue weighted by molar-refractivity contribution is 0.102. The number of nitrogens with one attached hydrogen (secondary N) is 1. The Balaban J connectivity index is 2.11. The van der Waals surface area contributed by atoms with Crippen molar-refractivity contribution in [2.24, 2.45) is 0 Å². The number of aryl methyl sites for hydroxylation is 1. The van der Waals surface area contributed by atoms with E-state index in [0.717, 1.165) is 12.8 Å². The molecule has 0 spiro atoms. The zero-order valence-electron chi connectivity index (χ0n) is 11.8. The topological polar surface area (TPSA) is 38.3 Å². The fourth-order valence-corrected chi connectivity index (χ4v) is 2.05. The molecule has 2 aromatic carbocycles. The third-order valence-electron chi connectivity index (χ3n) is 3.11. The van der Waals surface area contributed by atoms with Gasteiger partial charge in [-0.2, -0.15) is 0 Å². The van der Waals surface area contributed by atoms with Crippen LogP contribution in [0.3, 0.4) is 0 Å². The monoisotopic (exact) mass is 269 g/mol. The van der Waals surface area contributed by atoms with Crippen molar-refractivity contribution < 1.29 is 9.53 Å². The van der Waals surface area contributed by atoms with Gasteiger partial charge in [0, 0.05) is 5.56 Å².